The number of carboxylic acid groups (broad SMARTS) is 2. The van der Waals surface area contributed by atoms with Crippen molar-refractivity contribution in [2.24, 2.45) is 5.92 Å². The number of hydrogen-bond acceptors (Lipinski definition) is 2. The molecule has 0 fully saturated rings. The van der Waals surface area contributed by atoms with Crippen LogP contribution in [0.25, 0.3) is 0 Å². The van der Waals surface area contributed by atoms with Crippen LogP contribution >= 0.6 is 0 Å². The third-order valence-corrected chi connectivity index (χ3v) is 2.55. The fraction of sp³-hybridized carbons (Fsp3) is 0.692. The van der Waals surface area contributed by atoms with Gasteiger partial charge in [0.15, 0.2) is 0 Å². The first-order valence-electron chi connectivity index (χ1n) is 6.19. The maximum atomic E-state index is 10.7. The molecule has 1 atom stereocenters. The summed E-state index contributed by atoms with van der Waals surface area (Å²) in [5.74, 6) is -3.05. The summed E-state index contributed by atoms with van der Waals surface area (Å²) in [6.07, 6.45) is 9.60. The van der Waals surface area contributed by atoms with Gasteiger partial charge in [-0.3, -0.25) is 9.59 Å². The average Bonchev–Trinajstić information content (AvgIpc) is 2.25. The monoisotopic (exact) mass is 282 g/mol. The van der Waals surface area contributed by atoms with Gasteiger partial charge >= 0.3 is 63.3 Å². The molecule has 0 aromatic heterocycles. The summed E-state index contributed by atoms with van der Waals surface area (Å²) in [4.78, 5) is 21.1. The minimum atomic E-state index is -1.08. The van der Waals surface area contributed by atoms with Crippen molar-refractivity contribution in [3.8, 4) is 0 Å². The van der Waals surface area contributed by atoms with Crippen molar-refractivity contribution < 1.29 is 72.6 Å². The van der Waals surface area contributed by atoms with Crippen molar-refractivity contribution in [2.75, 3.05) is 0 Å². The zero-order valence-electron chi connectivity index (χ0n) is 12.4. The van der Waals surface area contributed by atoms with Crippen LogP contribution < -0.4 is 51.4 Å². The maximum absolute atomic E-state index is 10.7. The second kappa shape index (κ2) is 13.7. The molecule has 1 unspecified atom stereocenters. The van der Waals surface area contributed by atoms with Crippen molar-refractivity contribution in [2.45, 2.75) is 51.9 Å². The van der Waals surface area contributed by atoms with Crippen LogP contribution in [0.5, 0.6) is 0 Å². The predicted molar refractivity (Wildman–Crippen MR) is 67.0 cm³/mol. The Balaban J connectivity index is -0.00000128. The molecule has 0 aliphatic heterocycles. The van der Waals surface area contributed by atoms with Crippen LogP contribution in [0.15, 0.2) is 12.2 Å². The first-order valence-corrected chi connectivity index (χ1v) is 6.19. The predicted octanol–water partition coefficient (Wildman–Crippen LogP) is 0.195. The number of aliphatic carboxylic acids is 2. The Labute approximate surface area is 153 Å². The summed E-state index contributed by atoms with van der Waals surface area (Å²) >= 11 is 0. The Morgan fingerprint density at radius 3 is 2.28 bits per heavy atom. The Morgan fingerprint density at radius 2 is 1.78 bits per heavy atom. The van der Waals surface area contributed by atoms with Crippen molar-refractivity contribution in [3.63, 3.8) is 0 Å². The summed E-state index contributed by atoms with van der Waals surface area (Å²) < 4.78 is 0. The van der Waals surface area contributed by atoms with E-state index >= 15 is 0 Å². The van der Waals surface area contributed by atoms with Gasteiger partial charge in [-0.25, -0.2) is 0 Å². The van der Waals surface area contributed by atoms with Gasteiger partial charge in [0.2, 0.25) is 0 Å². The summed E-state index contributed by atoms with van der Waals surface area (Å²) in [5.41, 5.74) is 0. The molecule has 0 bridgehead atoms. The number of hydrogen-bond donors (Lipinski definition) is 2. The second-order valence-corrected chi connectivity index (χ2v) is 4.17. The standard InChI is InChI=1S/C13H22O4.K.H/c1-2-3-4-5-6-7-8-9-11(13(16)17)10-12(14)15;;/h8-9,11H,2-7,10H2,1H3,(H,14,15)(H,16,17);;/q;+1;-1. The molecule has 0 rings (SSSR count). The number of unbranched alkanes of at least 4 members (excludes halogenated alkanes) is 5. The van der Waals surface area contributed by atoms with E-state index < -0.39 is 17.9 Å². The molecule has 5 heteroatoms. The molecule has 0 aromatic rings. The van der Waals surface area contributed by atoms with E-state index in [1.54, 1.807) is 6.08 Å². The molecule has 0 saturated carbocycles. The van der Waals surface area contributed by atoms with Gasteiger partial charge in [-0.2, -0.15) is 0 Å². The molecule has 2 N–H and O–H groups in total. The second-order valence-electron chi connectivity index (χ2n) is 4.17. The Hall–Kier alpha value is 0.316. The molecule has 0 spiro atoms. The third kappa shape index (κ3) is 12.8. The molecule has 0 aromatic carbocycles. The third-order valence-electron chi connectivity index (χ3n) is 2.55. The van der Waals surface area contributed by atoms with E-state index in [0.717, 1.165) is 19.3 Å². The first-order chi connectivity index (χ1) is 8.07. The molecule has 4 nitrogen and oxygen atoms in total. The number of carboxylic acids is 2. The average molecular weight is 282 g/mol. The first kappa shape index (κ1) is 20.6. The Morgan fingerprint density at radius 1 is 1.17 bits per heavy atom. The van der Waals surface area contributed by atoms with Crippen molar-refractivity contribution >= 4 is 11.9 Å². The summed E-state index contributed by atoms with van der Waals surface area (Å²) in [5, 5.41) is 17.3. The van der Waals surface area contributed by atoms with Crippen LogP contribution in [-0.4, -0.2) is 22.2 Å². The topological polar surface area (TPSA) is 74.6 Å². The van der Waals surface area contributed by atoms with Crippen molar-refractivity contribution in [3.05, 3.63) is 12.2 Å². The summed E-state index contributed by atoms with van der Waals surface area (Å²) in [6, 6.07) is 0. The van der Waals surface area contributed by atoms with Crippen LogP contribution in [-0.2, 0) is 9.59 Å². The SMILES string of the molecule is CCCCCCCC=CC(CC(=O)O)C(=O)O.[H-].[K+]. The van der Waals surface area contributed by atoms with Crippen molar-refractivity contribution in [1.82, 2.24) is 0 Å². The largest absolute Gasteiger partial charge is 1.00 e. The van der Waals surface area contributed by atoms with E-state index in [4.69, 9.17) is 10.2 Å². The van der Waals surface area contributed by atoms with Crippen LogP contribution in [0.3, 0.4) is 0 Å². The normalized spacial score (nSPS) is 12.1. The number of carbonyl (C=O) groups is 2. The molecule has 0 heterocycles. The van der Waals surface area contributed by atoms with Gasteiger partial charge in [0.1, 0.15) is 0 Å². The van der Waals surface area contributed by atoms with Gasteiger partial charge in [-0.15, -0.1) is 0 Å². The van der Waals surface area contributed by atoms with Crippen LogP contribution in [0.2, 0.25) is 0 Å². The maximum Gasteiger partial charge on any atom is 1.00 e. The molecular formula is C13H23KO4. The quantitative estimate of drug-likeness (QED) is 0.341. The summed E-state index contributed by atoms with van der Waals surface area (Å²) in [6.45, 7) is 2.16. The fourth-order valence-electron chi connectivity index (χ4n) is 1.55. The van der Waals surface area contributed by atoms with E-state index in [1.807, 2.05) is 0 Å². The fourth-order valence-corrected chi connectivity index (χ4v) is 1.55. The minimum Gasteiger partial charge on any atom is -1.00 e. The molecule has 18 heavy (non-hydrogen) atoms. The molecule has 0 aliphatic rings. The molecule has 0 aliphatic carbocycles. The number of allylic oxidation sites excluding steroid dienone is 1. The van der Waals surface area contributed by atoms with Gasteiger partial charge in [-0.1, -0.05) is 44.8 Å². The Bertz CT molecular complexity index is 269. The smallest absolute Gasteiger partial charge is 1.00 e. The van der Waals surface area contributed by atoms with E-state index in [2.05, 4.69) is 6.92 Å². The van der Waals surface area contributed by atoms with Crippen molar-refractivity contribution in [1.29, 1.82) is 0 Å². The molecule has 0 amide bonds. The Kier molecular flexibility index (Phi) is 15.7. The van der Waals surface area contributed by atoms with Crippen LogP contribution in [0.4, 0.5) is 0 Å². The molecule has 0 saturated heterocycles. The zero-order chi connectivity index (χ0) is 13.1. The van der Waals surface area contributed by atoms with Gasteiger partial charge in [0.05, 0.1) is 12.3 Å². The molecule has 0 radical (unpaired) electrons. The minimum absolute atomic E-state index is 0. The van der Waals surface area contributed by atoms with Gasteiger partial charge in [0.25, 0.3) is 0 Å². The van der Waals surface area contributed by atoms with E-state index in [-0.39, 0.29) is 59.2 Å². The van der Waals surface area contributed by atoms with Crippen LogP contribution in [0.1, 0.15) is 53.3 Å². The molecule has 100 valence electrons. The molecular weight excluding hydrogens is 259 g/mol. The van der Waals surface area contributed by atoms with Crippen LogP contribution in [0, 0.1) is 5.92 Å². The number of rotatable bonds is 10. The van der Waals surface area contributed by atoms with Gasteiger partial charge in [-0.05, 0) is 12.8 Å². The van der Waals surface area contributed by atoms with E-state index in [0.29, 0.717) is 0 Å². The van der Waals surface area contributed by atoms with Gasteiger partial charge in [0, 0.05) is 0 Å². The van der Waals surface area contributed by atoms with E-state index in [1.165, 1.54) is 25.3 Å². The van der Waals surface area contributed by atoms with Gasteiger partial charge < -0.3 is 11.6 Å². The zero-order valence-corrected chi connectivity index (χ0v) is 14.5. The summed E-state index contributed by atoms with van der Waals surface area (Å²) in [7, 11) is 0. The van der Waals surface area contributed by atoms with E-state index in [9.17, 15) is 9.59 Å².